The molecule has 0 saturated carbocycles. The lowest BCUT2D eigenvalue weighted by Crippen LogP contribution is -2.21. The summed E-state index contributed by atoms with van der Waals surface area (Å²) in [6, 6.07) is 2.04. The predicted octanol–water partition coefficient (Wildman–Crippen LogP) is 2.05. The van der Waals surface area contributed by atoms with Crippen molar-refractivity contribution in [1.29, 1.82) is 0 Å². The van der Waals surface area contributed by atoms with E-state index in [-0.39, 0.29) is 5.92 Å². The Labute approximate surface area is 92.1 Å². The zero-order chi connectivity index (χ0) is 11.4. The van der Waals surface area contributed by atoms with E-state index in [1.165, 1.54) is 0 Å². The topological polar surface area (TPSA) is 51.8 Å². The van der Waals surface area contributed by atoms with Crippen LogP contribution in [0, 0.1) is 12.8 Å². The number of hydrogen-bond acceptors (Lipinski definition) is 3. The number of rotatable bonds is 4. The molecule has 3 nitrogen and oxygen atoms in total. The van der Waals surface area contributed by atoms with Gasteiger partial charge in [-0.3, -0.25) is 0 Å². The lowest BCUT2D eigenvalue weighted by Gasteiger charge is -2.18. The number of hydrogen-bond donors (Lipinski definition) is 1. The van der Waals surface area contributed by atoms with Crippen LogP contribution in [0.1, 0.15) is 43.9 Å². The van der Waals surface area contributed by atoms with E-state index in [2.05, 4.69) is 30.7 Å². The van der Waals surface area contributed by atoms with E-state index >= 15 is 0 Å². The van der Waals surface area contributed by atoms with Gasteiger partial charge in [-0.05, 0) is 25.3 Å². The fourth-order valence-electron chi connectivity index (χ4n) is 1.68. The van der Waals surface area contributed by atoms with Crippen molar-refractivity contribution < 1.29 is 0 Å². The molecule has 3 heteroatoms. The summed E-state index contributed by atoms with van der Waals surface area (Å²) in [5.74, 6) is 1.67. The molecule has 15 heavy (non-hydrogen) atoms. The summed E-state index contributed by atoms with van der Waals surface area (Å²) in [6.07, 6.45) is 0.950. The molecule has 2 N–H and O–H groups in total. The van der Waals surface area contributed by atoms with Crippen molar-refractivity contribution in [3.05, 3.63) is 23.3 Å². The van der Waals surface area contributed by atoms with Gasteiger partial charge in [0.15, 0.2) is 0 Å². The first-order valence-electron chi connectivity index (χ1n) is 5.63. The lowest BCUT2D eigenvalue weighted by molar-refractivity contribution is 0.480. The summed E-state index contributed by atoms with van der Waals surface area (Å²) in [4.78, 5) is 9.04. The third-order valence-corrected chi connectivity index (χ3v) is 2.68. The van der Waals surface area contributed by atoms with Crippen molar-refractivity contribution in [2.45, 2.75) is 40.0 Å². The van der Waals surface area contributed by atoms with Crippen molar-refractivity contribution >= 4 is 0 Å². The van der Waals surface area contributed by atoms with Crippen LogP contribution in [0.4, 0.5) is 0 Å². The molecule has 0 aliphatic rings. The molecule has 0 aromatic carbocycles. The van der Waals surface area contributed by atoms with Gasteiger partial charge in [-0.15, -0.1) is 0 Å². The van der Waals surface area contributed by atoms with Crippen molar-refractivity contribution in [1.82, 2.24) is 9.97 Å². The van der Waals surface area contributed by atoms with Crippen LogP contribution in [-0.2, 0) is 6.42 Å². The second-order valence-electron chi connectivity index (χ2n) is 4.30. The highest BCUT2D eigenvalue weighted by Gasteiger charge is 2.17. The van der Waals surface area contributed by atoms with E-state index in [1.807, 2.05) is 13.0 Å². The van der Waals surface area contributed by atoms with Crippen LogP contribution in [0.5, 0.6) is 0 Å². The Morgan fingerprint density at radius 3 is 2.47 bits per heavy atom. The minimum Gasteiger partial charge on any atom is -0.330 e. The third kappa shape index (κ3) is 2.99. The molecule has 1 atom stereocenters. The Morgan fingerprint density at radius 1 is 1.33 bits per heavy atom. The van der Waals surface area contributed by atoms with E-state index in [4.69, 9.17) is 5.73 Å². The highest BCUT2D eigenvalue weighted by Crippen LogP contribution is 2.20. The van der Waals surface area contributed by atoms with Crippen molar-refractivity contribution in [2.75, 3.05) is 6.54 Å². The molecule has 1 unspecified atom stereocenters. The first kappa shape index (κ1) is 12.1. The van der Waals surface area contributed by atoms with Gasteiger partial charge in [0.05, 0.1) is 0 Å². The van der Waals surface area contributed by atoms with Crippen LogP contribution < -0.4 is 5.73 Å². The maximum absolute atomic E-state index is 5.77. The number of aryl methyl sites for hydroxylation is 2. The smallest absolute Gasteiger partial charge is 0.133 e. The van der Waals surface area contributed by atoms with Crippen LogP contribution >= 0.6 is 0 Å². The largest absolute Gasteiger partial charge is 0.330 e. The summed E-state index contributed by atoms with van der Waals surface area (Å²) in [6.45, 7) is 9.06. The molecule has 0 fully saturated rings. The van der Waals surface area contributed by atoms with Crippen molar-refractivity contribution in [2.24, 2.45) is 11.7 Å². The molecule has 0 aliphatic heterocycles. The fourth-order valence-corrected chi connectivity index (χ4v) is 1.68. The fraction of sp³-hybridized carbons (Fsp3) is 0.667. The minimum atomic E-state index is 0.273. The molecule has 1 aromatic heterocycles. The van der Waals surface area contributed by atoms with Crippen LogP contribution in [0.15, 0.2) is 6.07 Å². The summed E-state index contributed by atoms with van der Waals surface area (Å²) in [5, 5.41) is 0. The molecular weight excluding hydrogens is 186 g/mol. The molecule has 0 amide bonds. The Morgan fingerprint density at radius 2 is 2.00 bits per heavy atom. The van der Waals surface area contributed by atoms with Gasteiger partial charge in [0.1, 0.15) is 5.82 Å². The number of aromatic nitrogens is 2. The van der Waals surface area contributed by atoms with Crippen LogP contribution in [-0.4, -0.2) is 16.5 Å². The van der Waals surface area contributed by atoms with Gasteiger partial charge in [0.25, 0.3) is 0 Å². The average molecular weight is 207 g/mol. The first-order chi connectivity index (χ1) is 7.08. The molecule has 0 saturated heterocycles. The normalized spacial score (nSPS) is 13.2. The molecule has 0 spiro atoms. The van der Waals surface area contributed by atoms with Gasteiger partial charge in [0.2, 0.25) is 0 Å². The molecule has 84 valence electrons. The molecular formula is C12H21N3. The predicted molar refractivity (Wildman–Crippen MR) is 62.8 cm³/mol. The Bertz CT molecular complexity index is 321. The molecule has 0 aliphatic carbocycles. The van der Waals surface area contributed by atoms with E-state index in [0.29, 0.717) is 12.5 Å². The molecule has 1 rings (SSSR count). The van der Waals surface area contributed by atoms with Gasteiger partial charge >= 0.3 is 0 Å². The average Bonchev–Trinajstić information content (AvgIpc) is 2.17. The van der Waals surface area contributed by atoms with E-state index in [9.17, 15) is 0 Å². The van der Waals surface area contributed by atoms with Gasteiger partial charge in [-0.1, -0.05) is 20.8 Å². The van der Waals surface area contributed by atoms with Crippen molar-refractivity contribution in [3.63, 3.8) is 0 Å². The Kier molecular flexibility index (Phi) is 4.21. The Balaban J connectivity index is 3.06. The maximum atomic E-state index is 5.77. The van der Waals surface area contributed by atoms with Gasteiger partial charge in [-0.2, -0.15) is 0 Å². The molecule has 0 radical (unpaired) electrons. The summed E-state index contributed by atoms with van der Waals surface area (Å²) < 4.78 is 0. The number of nitrogens with zero attached hydrogens (tertiary/aromatic N) is 2. The summed E-state index contributed by atoms with van der Waals surface area (Å²) in [7, 11) is 0. The van der Waals surface area contributed by atoms with Crippen molar-refractivity contribution in [3.8, 4) is 0 Å². The second-order valence-corrected chi connectivity index (χ2v) is 4.30. The van der Waals surface area contributed by atoms with Crippen LogP contribution in [0.25, 0.3) is 0 Å². The van der Waals surface area contributed by atoms with Gasteiger partial charge in [0, 0.05) is 23.9 Å². The second kappa shape index (κ2) is 5.21. The lowest BCUT2D eigenvalue weighted by atomic mass is 9.95. The zero-order valence-electron chi connectivity index (χ0n) is 10.1. The minimum absolute atomic E-state index is 0.273. The zero-order valence-corrected chi connectivity index (χ0v) is 10.1. The van der Waals surface area contributed by atoms with E-state index < -0.39 is 0 Å². The molecule has 0 bridgehead atoms. The van der Waals surface area contributed by atoms with Crippen LogP contribution in [0.3, 0.4) is 0 Å². The Hall–Kier alpha value is -0.960. The first-order valence-corrected chi connectivity index (χ1v) is 5.63. The summed E-state index contributed by atoms with van der Waals surface area (Å²) >= 11 is 0. The summed E-state index contributed by atoms with van der Waals surface area (Å²) in [5.41, 5.74) is 7.91. The molecule has 1 aromatic rings. The molecule has 1 heterocycles. The van der Waals surface area contributed by atoms with Crippen LogP contribution in [0.2, 0.25) is 0 Å². The highest BCUT2D eigenvalue weighted by molar-refractivity contribution is 5.12. The highest BCUT2D eigenvalue weighted by atomic mass is 14.9. The quantitative estimate of drug-likeness (QED) is 0.822. The third-order valence-electron chi connectivity index (χ3n) is 2.68. The van der Waals surface area contributed by atoms with Gasteiger partial charge in [-0.25, -0.2) is 9.97 Å². The van der Waals surface area contributed by atoms with E-state index in [0.717, 1.165) is 23.6 Å². The monoisotopic (exact) mass is 207 g/mol. The van der Waals surface area contributed by atoms with E-state index in [1.54, 1.807) is 0 Å². The maximum Gasteiger partial charge on any atom is 0.133 e. The standard InChI is InChI=1S/C12H21N3/c1-5-10-6-9(4)14-12(15-10)11(7-13)8(2)3/h6,8,11H,5,7,13H2,1-4H3. The van der Waals surface area contributed by atoms with Gasteiger partial charge < -0.3 is 5.73 Å². The SMILES string of the molecule is CCc1cc(C)nc(C(CN)C(C)C)n1. The number of nitrogens with two attached hydrogens (primary N) is 1.